The molecule has 4 nitrogen and oxygen atoms in total. The SMILES string of the molecule is CCCS(=O)(=O)CCOc1ccc(Cl)cc1CO. The third kappa shape index (κ3) is 4.84. The van der Waals surface area contributed by atoms with Crippen LogP contribution in [0.2, 0.25) is 5.02 Å². The van der Waals surface area contributed by atoms with Gasteiger partial charge in [0, 0.05) is 10.6 Å². The Morgan fingerprint density at radius 2 is 2.06 bits per heavy atom. The molecule has 0 amide bonds. The largest absolute Gasteiger partial charge is 0.492 e. The molecule has 0 unspecified atom stereocenters. The highest BCUT2D eigenvalue weighted by molar-refractivity contribution is 7.91. The number of aliphatic hydroxyl groups excluding tert-OH is 1. The van der Waals surface area contributed by atoms with Gasteiger partial charge in [-0.2, -0.15) is 0 Å². The molecule has 1 aromatic carbocycles. The molecule has 0 saturated carbocycles. The molecule has 0 aliphatic carbocycles. The Labute approximate surface area is 112 Å². The van der Waals surface area contributed by atoms with Crippen LogP contribution in [0.1, 0.15) is 18.9 Å². The second-order valence-electron chi connectivity index (χ2n) is 3.91. The number of rotatable bonds is 7. The Balaban J connectivity index is 2.59. The predicted octanol–water partition coefficient (Wildman–Crippen LogP) is 2.04. The maximum atomic E-state index is 11.5. The minimum Gasteiger partial charge on any atom is -0.492 e. The molecule has 0 heterocycles. The first-order valence-corrected chi connectivity index (χ1v) is 7.91. The van der Waals surface area contributed by atoms with E-state index in [1.54, 1.807) is 18.2 Å². The van der Waals surface area contributed by atoms with E-state index in [2.05, 4.69) is 0 Å². The molecule has 0 radical (unpaired) electrons. The predicted molar refractivity (Wildman–Crippen MR) is 71.8 cm³/mol. The normalized spacial score (nSPS) is 11.5. The molecule has 1 aromatic rings. The van der Waals surface area contributed by atoms with E-state index in [4.69, 9.17) is 21.4 Å². The van der Waals surface area contributed by atoms with Gasteiger partial charge in [-0.3, -0.25) is 0 Å². The first kappa shape index (κ1) is 15.3. The van der Waals surface area contributed by atoms with Crippen LogP contribution in [-0.4, -0.2) is 31.6 Å². The molecule has 18 heavy (non-hydrogen) atoms. The first-order valence-electron chi connectivity index (χ1n) is 5.71. The molecule has 0 aliphatic heterocycles. The molecule has 1 N–H and O–H groups in total. The fraction of sp³-hybridized carbons (Fsp3) is 0.500. The van der Waals surface area contributed by atoms with E-state index in [-0.39, 0.29) is 24.7 Å². The summed E-state index contributed by atoms with van der Waals surface area (Å²) >= 11 is 5.78. The Morgan fingerprint density at radius 1 is 1.33 bits per heavy atom. The van der Waals surface area contributed by atoms with Gasteiger partial charge in [-0.1, -0.05) is 18.5 Å². The van der Waals surface area contributed by atoms with E-state index >= 15 is 0 Å². The molecule has 0 atom stereocenters. The van der Waals surface area contributed by atoms with Crippen LogP contribution in [0.25, 0.3) is 0 Å². The monoisotopic (exact) mass is 292 g/mol. The highest BCUT2D eigenvalue weighted by Gasteiger charge is 2.10. The quantitative estimate of drug-likeness (QED) is 0.835. The first-order chi connectivity index (χ1) is 8.48. The van der Waals surface area contributed by atoms with Crippen molar-refractivity contribution >= 4 is 21.4 Å². The maximum absolute atomic E-state index is 11.5. The molecule has 1 rings (SSSR count). The van der Waals surface area contributed by atoms with Gasteiger partial charge in [-0.05, 0) is 24.6 Å². The van der Waals surface area contributed by atoms with Crippen molar-refractivity contribution in [3.05, 3.63) is 28.8 Å². The van der Waals surface area contributed by atoms with E-state index in [9.17, 15) is 8.42 Å². The number of ether oxygens (including phenoxy) is 1. The van der Waals surface area contributed by atoms with Crippen molar-refractivity contribution in [3.63, 3.8) is 0 Å². The van der Waals surface area contributed by atoms with Crippen LogP contribution < -0.4 is 4.74 Å². The van der Waals surface area contributed by atoms with Crippen LogP contribution in [0.3, 0.4) is 0 Å². The summed E-state index contributed by atoms with van der Waals surface area (Å²) in [5.41, 5.74) is 0.551. The number of aliphatic hydroxyl groups is 1. The van der Waals surface area contributed by atoms with E-state index < -0.39 is 9.84 Å². The topological polar surface area (TPSA) is 63.6 Å². The van der Waals surface area contributed by atoms with Gasteiger partial charge >= 0.3 is 0 Å². The molecular formula is C12H17ClO4S. The second-order valence-corrected chi connectivity index (χ2v) is 6.65. The molecular weight excluding hydrogens is 276 g/mol. The molecule has 0 aromatic heterocycles. The number of benzene rings is 1. The van der Waals surface area contributed by atoms with Gasteiger partial charge in [-0.15, -0.1) is 0 Å². The van der Waals surface area contributed by atoms with Crippen molar-refractivity contribution in [2.75, 3.05) is 18.1 Å². The van der Waals surface area contributed by atoms with Gasteiger partial charge in [0.15, 0.2) is 9.84 Å². The smallest absolute Gasteiger partial charge is 0.153 e. The lowest BCUT2D eigenvalue weighted by Crippen LogP contribution is -2.17. The van der Waals surface area contributed by atoms with Crippen LogP contribution in [-0.2, 0) is 16.4 Å². The third-order valence-corrected chi connectivity index (χ3v) is 4.41. The van der Waals surface area contributed by atoms with Crippen molar-refractivity contribution in [2.24, 2.45) is 0 Å². The fourth-order valence-electron chi connectivity index (χ4n) is 1.50. The van der Waals surface area contributed by atoms with Gasteiger partial charge in [0.1, 0.15) is 12.4 Å². The van der Waals surface area contributed by atoms with Gasteiger partial charge in [0.05, 0.1) is 18.1 Å². The summed E-state index contributed by atoms with van der Waals surface area (Å²) in [6.07, 6.45) is 0.602. The molecule has 102 valence electrons. The zero-order valence-corrected chi connectivity index (χ0v) is 11.8. The summed E-state index contributed by atoms with van der Waals surface area (Å²) in [6, 6.07) is 4.86. The fourth-order valence-corrected chi connectivity index (χ4v) is 2.86. The molecule has 0 fully saturated rings. The van der Waals surface area contributed by atoms with Gasteiger partial charge < -0.3 is 9.84 Å². The van der Waals surface area contributed by atoms with Gasteiger partial charge in [0.2, 0.25) is 0 Å². The molecule has 0 bridgehead atoms. The summed E-state index contributed by atoms with van der Waals surface area (Å²) in [6.45, 7) is 1.70. The Bertz CT molecular complexity index is 485. The minimum atomic E-state index is -3.04. The lowest BCUT2D eigenvalue weighted by Gasteiger charge is -2.10. The zero-order chi connectivity index (χ0) is 13.6. The summed E-state index contributed by atoms with van der Waals surface area (Å²) in [7, 11) is -3.04. The summed E-state index contributed by atoms with van der Waals surface area (Å²) in [5.74, 6) is 0.617. The van der Waals surface area contributed by atoms with Crippen molar-refractivity contribution in [2.45, 2.75) is 20.0 Å². The zero-order valence-electron chi connectivity index (χ0n) is 10.2. The highest BCUT2D eigenvalue weighted by Crippen LogP contribution is 2.22. The average Bonchev–Trinajstić information content (AvgIpc) is 2.30. The third-order valence-electron chi connectivity index (χ3n) is 2.36. The van der Waals surface area contributed by atoms with Crippen molar-refractivity contribution < 1.29 is 18.3 Å². The average molecular weight is 293 g/mol. The van der Waals surface area contributed by atoms with Crippen molar-refractivity contribution in [1.82, 2.24) is 0 Å². The van der Waals surface area contributed by atoms with E-state index in [0.29, 0.717) is 22.8 Å². The summed E-state index contributed by atoms with van der Waals surface area (Å²) in [5, 5.41) is 9.63. The highest BCUT2D eigenvalue weighted by atomic mass is 35.5. The molecule has 0 spiro atoms. The Morgan fingerprint density at radius 3 is 2.67 bits per heavy atom. The second kappa shape index (κ2) is 6.97. The Kier molecular flexibility index (Phi) is 5.91. The Hall–Kier alpha value is -0.780. The standard InChI is InChI=1S/C12H17ClO4S/c1-2-6-18(15,16)7-5-17-12-4-3-11(13)8-10(12)9-14/h3-4,8,14H,2,5-7,9H2,1H3. The lowest BCUT2D eigenvalue weighted by atomic mass is 10.2. The maximum Gasteiger partial charge on any atom is 0.153 e. The minimum absolute atomic E-state index is 0.0195. The van der Waals surface area contributed by atoms with Gasteiger partial charge in [0.25, 0.3) is 0 Å². The summed E-state index contributed by atoms with van der Waals surface area (Å²) < 4.78 is 28.3. The van der Waals surface area contributed by atoms with Gasteiger partial charge in [-0.25, -0.2) is 8.42 Å². The number of halogens is 1. The van der Waals surface area contributed by atoms with E-state index in [1.165, 1.54) is 0 Å². The lowest BCUT2D eigenvalue weighted by molar-refractivity contribution is 0.267. The summed E-state index contributed by atoms with van der Waals surface area (Å²) in [4.78, 5) is 0. The molecule has 0 saturated heterocycles. The number of hydrogen-bond donors (Lipinski definition) is 1. The number of sulfone groups is 1. The van der Waals surface area contributed by atoms with Crippen LogP contribution >= 0.6 is 11.6 Å². The van der Waals surface area contributed by atoms with Crippen molar-refractivity contribution in [3.8, 4) is 5.75 Å². The van der Waals surface area contributed by atoms with Crippen LogP contribution in [0, 0.1) is 0 Å². The van der Waals surface area contributed by atoms with Crippen LogP contribution in [0.4, 0.5) is 0 Å². The van der Waals surface area contributed by atoms with Crippen molar-refractivity contribution in [1.29, 1.82) is 0 Å². The van der Waals surface area contributed by atoms with Crippen LogP contribution in [0.5, 0.6) is 5.75 Å². The molecule has 6 heteroatoms. The number of hydrogen-bond acceptors (Lipinski definition) is 4. The van der Waals surface area contributed by atoms with Crippen LogP contribution in [0.15, 0.2) is 18.2 Å². The molecule has 0 aliphatic rings. The van der Waals surface area contributed by atoms with E-state index in [1.807, 2.05) is 6.92 Å². The van der Waals surface area contributed by atoms with E-state index in [0.717, 1.165) is 0 Å².